The van der Waals surface area contributed by atoms with Gasteiger partial charge in [0, 0.05) is 29.7 Å². The van der Waals surface area contributed by atoms with Gasteiger partial charge in [-0.2, -0.15) is 18.2 Å². The number of rotatable bonds is 7. The molecule has 212 valence electrons. The van der Waals surface area contributed by atoms with Gasteiger partial charge in [0.2, 0.25) is 5.95 Å². The number of halogens is 3. The Bertz CT molecular complexity index is 1650. The number of benzene rings is 2. The van der Waals surface area contributed by atoms with Crippen molar-refractivity contribution in [3.63, 3.8) is 0 Å². The zero-order valence-electron chi connectivity index (χ0n) is 22.8. The third-order valence-electron chi connectivity index (χ3n) is 6.59. The molecule has 3 heterocycles. The maximum atomic E-state index is 13.6. The molecule has 2 N–H and O–H groups in total. The van der Waals surface area contributed by atoms with E-state index in [0.29, 0.717) is 16.6 Å². The van der Waals surface area contributed by atoms with Gasteiger partial charge in [0.1, 0.15) is 17.5 Å². The van der Waals surface area contributed by atoms with E-state index in [0.717, 1.165) is 25.3 Å². The van der Waals surface area contributed by atoms with Crippen LogP contribution in [-0.4, -0.2) is 39.9 Å². The molecule has 0 bridgehead atoms. The number of anilines is 2. The van der Waals surface area contributed by atoms with Crippen molar-refractivity contribution in [1.29, 1.82) is 0 Å². The van der Waals surface area contributed by atoms with Gasteiger partial charge in [0.15, 0.2) is 0 Å². The molecular formula is C31H30F3N5O2. The minimum atomic E-state index is -4.39. The summed E-state index contributed by atoms with van der Waals surface area (Å²) in [7, 11) is 0. The van der Waals surface area contributed by atoms with Crippen LogP contribution < -0.4 is 20.9 Å². The molecule has 0 saturated carbocycles. The molecule has 1 unspecified atom stereocenters. The molecule has 1 fully saturated rings. The summed E-state index contributed by atoms with van der Waals surface area (Å²) in [5.41, 5.74) is 1.28. The van der Waals surface area contributed by atoms with Crippen molar-refractivity contribution in [1.82, 2.24) is 19.9 Å². The topological polar surface area (TPSA) is 81.1 Å². The highest BCUT2D eigenvalue weighted by atomic mass is 19.4. The van der Waals surface area contributed by atoms with Crippen LogP contribution in [0.4, 0.5) is 24.8 Å². The molecule has 10 heteroatoms. The number of alkyl halides is 3. The molecule has 2 aromatic heterocycles. The first-order chi connectivity index (χ1) is 19.6. The fourth-order valence-corrected chi connectivity index (χ4v) is 4.62. The molecule has 41 heavy (non-hydrogen) atoms. The Morgan fingerprint density at radius 3 is 2.59 bits per heavy atom. The van der Waals surface area contributed by atoms with Crippen molar-refractivity contribution in [3.05, 3.63) is 87.8 Å². The Hall–Kier alpha value is -4.36. The van der Waals surface area contributed by atoms with E-state index in [1.54, 1.807) is 30.5 Å². The molecule has 4 aromatic rings. The van der Waals surface area contributed by atoms with Crippen molar-refractivity contribution >= 4 is 22.7 Å². The summed E-state index contributed by atoms with van der Waals surface area (Å²) in [6, 6.07) is 15.3. The molecule has 7 nitrogen and oxygen atoms in total. The van der Waals surface area contributed by atoms with Gasteiger partial charge < -0.3 is 15.4 Å². The number of hydrogen-bond donors (Lipinski definition) is 2. The SMILES string of the molecule is CC(C)C#Cc1cc2cnc(Nc3ccc(OC4CCNC4)cc3)nc2n(Cc2ccccc2CC(F)(F)F)c1=O. The minimum Gasteiger partial charge on any atom is -0.489 e. The monoisotopic (exact) mass is 561 g/mol. The van der Waals surface area contributed by atoms with Crippen molar-refractivity contribution in [2.24, 2.45) is 5.92 Å². The number of aromatic nitrogens is 3. The Labute approximate surface area is 235 Å². The number of ether oxygens (including phenoxy) is 1. The molecule has 0 radical (unpaired) electrons. The zero-order chi connectivity index (χ0) is 29.0. The lowest BCUT2D eigenvalue weighted by molar-refractivity contribution is -0.127. The van der Waals surface area contributed by atoms with Gasteiger partial charge in [0.05, 0.1) is 18.5 Å². The summed E-state index contributed by atoms with van der Waals surface area (Å²) in [5, 5.41) is 6.96. The summed E-state index contributed by atoms with van der Waals surface area (Å²) >= 11 is 0. The highest BCUT2D eigenvalue weighted by Gasteiger charge is 2.29. The predicted octanol–water partition coefficient (Wildman–Crippen LogP) is 5.44. The van der Waals surface area contributed by atoms with Crippen LogP contribution in [0.15, 0.2) is 65.6 Å². The van der Waals surface area contributed by atoms with E-state index >= 15 is 0 Å². The van der Waals surface area contributed by atoms with E-state index in [1.807, 2.05) is 38.1 Å². The third kappa shape index (κ3) is 7.24. The second-order valence-electron chi connectivity index (χ2n) is 10.3. The molecule has 0 amide bonds. The number of nitrogens with zero attached hydrogens (tertiary/aromatic N) is 3. The number of fused-ring (bicyclic) bond motifs is 1. The molecule has 2 aromatic carbocycles. The lowest BCUT2D eigenvalue weighted by Crippen LogP contribution is -2.25. The van der Waals surface area contributed by atoms with E-state index < -0.39 is 18.2 Å². The number of nitrogens with one attached hydrogen (secondary N) is 2. The Balaban J connectivity index is 1.50. The van der Waals surface area contributed by atoms with E-state index in [9.17, 15) is 18.0 Å². The first-order valence-electron chi connectivity index (χ1n) is 13.4. The first kappa shape index (κ1) is 28.2. The van der Waals surface area contributed by atoms with Crippen molar-refractivity contribution in [2.45, 2.75) is 45.5 Å². The second kappa shape index (κ2) is 12.0. The predicted molar refractivity (Wildman–Crippen MR) is 152 cm³/mol. The average Bonchev–Trinajstić information content (AvgIpc) is 3.44. The third-order valence-corrected chi connectivity index (χ3v) is 6.59. The first-order valence-corrected chi connectivity index (χ1v) is 13.4. The standard InChI is InChI=1S/C31H30F3N5O2/c1-20(2)7-8-21-15-24-17-36-30(37-25-9-11-26(12-10-25)41-27-13-14-35-18-27)38-28(24)39(29(21)40)19-23-6-4-3-5-22(23)16-31(32,33)34/h3-6,9-12,15,17,20,27,35H,13-14,16,18-19H2,1-2H3,(H,36,37,38). The molecule has 1 aliphatic heterocycles. The van der Waals surface area contributed by atoms with Gasteiger partial charge in [0.25, 0.3) is 5.56 Å². The Morgan fingerprint density at radius 1 is 1.15 bits per heavy atom. The van der Waals surface area contributed by atoms with Gasteiger partial charge in [-0.1, -0.05) is 50.0 Å². The number of pyridine rings is 1. The van der Waals surface area contributed by atoms with Gasteiger partial charge in [-0.3, -0.25) is 9.36 Å². The van der Waals surface area contributed by atoms with Crippen LogP contribution in [0.25, 0.3) is 11.0 Å². The Morgan fingerprint density at radius 2 is 1.90 bits per heavy atom. The van der Waals surface area contributed by atoms with Gasteiger partial charge >= 0.3 is 6.18 Å². The van der Waals surface area contributed by atoms with Crippen LogP contribution in [0.5, 0.6) is 5.75 Å². The van der Waals surface area contributed by atoms with E-state index in [-0.39, 0.29) is 41.3 Å². The van der Waals surface area contributed by atoms with Gasteiger partial charge in [-0.15, -0.1) is 0 Å². The Kier molecular flexibility index (Phi) is 8.26. The minimum absolute atomic E-state index is 0.0282. The normalized spacial score (nSPS) is 15.1. The lowest BCUT2D eigenvalue weighted by atomic mass is 10.0. The van der Waals surface area contributed by atoms with Crippen LogP contribution in [0, 0.1) is 17.8 Å². The smallest absolute Gasteiger partial charge is 0.393 e. The van der Waals surface area contributed by atoms with Crippen LogP contribution in [0.1, 0.15) is 37.0 Å². The fourth-order valence-electron chi connectivity index (χ4n) is 4.62. The second-order valence-corrected chi connectivity index (χ2v) is 10.3. The van der Waals surface area contributed by atoms with Crippen LogP contribution in [0.3, 0.4) is 0 Å². The zero-order valence-corrected chi connectivity index (χ0v) is 22.8. The van der Waals surface area contributed by atoms with Crippen LogP contribution in [-0.2, 0) is 13.0 Å². The molecule has 5 rings (SSSR count). The van der Waals surface area contributed by atoms with Crippen molar-refractivity contribution in [2.75, 3.05) is 18.4 Å². The number of hydrogen-bond acceptors (Lipinski definition) is 6. The average molecular weight is 562 g/mol. The van der Waals surface area contributed by atoms with Crippen molar-refractivity contribution in [3.8, 4) is 17.6 Å². The maximum Gasteiger partial charge on any atom is 0.393 e. The van der Waals surface area contributed by atoms with Gasteiger partial charge in [-0.05, 0) is 54.4 Å². The summed E-state index contributed by atoms with van der Waals surface area (Å²) in [4.78, 5) is 22.6. The molecule has 1 saturated heterocycles. The van der Waals surface area contributed by atoms with Crippen LogP contribution in [0.2, 0.25) is 0 Å². The molecule has 1 aliphatic rings. The lowest BCUT2D eigenvalue weighted by Gasteiger charge is -2.16. The molecule has 0 aliphatic carbocycles. The summed E-state index contributed by atoms with van der Waals surface area (Å²) in [5.74, 6) is 6.93. The highest BCUT2D eigenvalue weighted by Crippen LogP contribution is 2.25. The summed E-state index contributed by atoms with van der Waals surface area (Å²) < 4.78 is 47.2. The van der Waals surface area contributed by atoms with E-state index in [2.05, 4.69) is 32.4 Å². The van der Waals surface area contributed by atoms with Gasteiger partial charge in [-0.25, -0.2) is 4.98 Å². The molecular weight excluding hydrogens is 531 g/mol. The summed E-state index contributed by atoms with van der Waals surface area (Å²) in [6.45, 7) is 5.47. The quantitative estimate of drug-likeness (QED) is 0.293. The highest BCUT2D eigenvalue weighted by molar-refractivity contribution is 5.77. The van der Waals surface area contributed by atoms with Crippen molar-refractivity contribution < 1.29 is 17.9 Å². The van der Waals surface area contributed by atoms with E-state index in [1.165, 1.54) is 10.6 Å². The maximum absolute atomic E-state index is 13.6. The largest absolute Gasteiger partial charge is 0.489 e. The summed E-state index contributed by atoms with van der Waals surface area (Å²) in [6.07, 6.45) is -2.81. The fraction of sp³-hybridized carbons (Fsp3) is 0.323. The van der Waals surface area contributed by atoms with Crippen LogP contribution >= 0.6 is 0 Å². The molecule has 0 spiro atoms. The van der Waals surface area contributed by atoms with E-state index in [4.69, 9.17) is 4.74 Å². The molecule has 1 atom stereocenters.